The molecule has 2 atom stereocenters. The van der Waals surface area contributed by atoms with Crippen LogP contribution in [0, 0.1) is 0 Å². The fourth-order valence-electron chi connectivity index (χ4n) is 4.73. The quantitative estimate of drug-likeness (QED) is 0.626. The third kappa shape index (κ3) is 4.99. The van der Waals surface area contributed by atoms with Crippen LogP contribution in [0.5, 0.6) is 0 Å². The molecule has 0 aliphatic carbocycles. The van der Waals surface area contributed by atoms with E-state index in [1.165, 1.54) is 36.9 Å². The third-order valence-corrected chi connectivity index (χ3v) is 6.37. The van der Waals surface area contributed by atoms with Gasteiger partial charge in [-0.3, -0.25) is 14.6 Å². The molecular formula is C23H34N6. The van der Waals surface area contributed by atoms with E-state index in [0.717, 1.165) is 38.6 Å². The molecule has 0 spiro atoms. The normalized spacial score (nSPS) is 23.5. The number of guanidine groups is 1. The largest absolute Gasteiger partial charge is 0.355 e. The molecule has 156 valence electrons. The van der Waals surface area contributed by atoms with Crippen molar-refractivity contribution < 1.29 is 0 Å². The van der Waals surface area contributed by atoms with Crippen molar-refractivity contribution in [2.75, 3.05) is 33.2 Å². The van der Waals surface area contributed by atoms with E-state index in [9.17, 15) is 0 Å². The first-order valence-corrected chi connectivity index (χ1v) is 10.9. The second-order valence-electron chi connectivity index (χ2n) is 8.41. The number of aliphatic imine (C=N–C) groups is 1. The van der Waals surface area contributed by atoms with E-state index in [2.05, 4.69) is 61.7 Å². The molecular weight excluding hydrogens is 360 g/mol. The summed E-state index contributed by atoms with van der Waals surface area (Å²) in [5.41, 5.74) is 2.74. The summed E-state index contributed by atoms with van der Waals surface area (Å²) in [5.74, 6) is 1.59. The summed E-state index contributed by atoms with van der Waals surface area (Å²) in [7, 11) is 3.89. The number of nitrogens with one attached hydrogen (secondary N) is 1. The van der Waals surface area contributed by atoms with Crippen molar-refractivity contribution in [1.82, 2.24) is 24.9 Å². The van der Waals surface area contributed by atoms with Gasteiger partial charge in [0.15, 0.2) is 5.96 Å². The van der Waals surface area contributed by atoms with E-state index < -0.39 is 0 Å². The van der Waals surface area contributed by atoms with Gasteiger partial charge in [-0.1, -0.05) is 36.8 Å². The van der Waals surface area contributed by atoms with Gasteiger partial charge in [-0.25, -0.2) is 0 Å². The maximum atomic E-state index is 4.59. The van der Waals surface area contributed by atoms with E-state index in [0.29, 0.717) is 12.0 Å². The lowest BCUT2D eigenvalue weighted by Crippen LogP contribution is -2.49. The molecule has 1 aromatic heterocycles. The molecule has 2 saturated heterocycles. The standard InChI is InChI=1S/C23H34N6/c1-24-23(29-13-11-20(18-29)21-14-26-27(2)17-21)25-15-22-10-6-7-12-28(22)16-19-8-4-3-5-9-19/h3-5,8-9,14,17,20,22H,6-7,10-13,15-16,18H2,1-2H3,(H,24,25). The van der Waals surface area contributed by atoms with Gasteiger partial charge in [0.2, 0.25) is 0 Å². The number of hydrogen-bond donors (Lipinski definition) is 1. The molecule has 1 N–H and O–H groups in total. The lowest BCUT2D eigenvalue weighted by atomic mass is 10.0. The van der Waals surface area contributed by atoms with Gasteiger partial charge in [-0.15, -0.1) is 0 Å². The van der Waals surface area contributed by atoms with Crippen molar-refractivity contribution in [3.05, 3.63) is 53.9 Å². The van der Waals surface area contributed by atoms with Gasteiger partial charge in [0, 0.05) is 58.4 Å². The molecule has 2 fully saturated rings. The Balaban J connectivity index is 1.32. The van der Waals surface area contributed by atoms with E-state index in [4.69, 9.17) is 0 Å². The Morgan fingerprint density at radius 3 is 2.79 bits per heavy atom. The molecule has 29 heavy (non-hydrogen) atoms. The molecule has 2 aliphatic rings. The molecule has 0 radical (unpaired) electrons. The van der Waals surface area contributed by atoms with Gasteiger partial charge < -0.3 is 10.2 Å². The maximum Gasteiger partial charge on any atom is 0.193 e. The summed E-state index contributed by atoms with van der Waals surface area (Å²) in [6.07, 6.45) is 9.20. The van der Waals surface area contributed by atoms with Crippen LogP contribution in [-0.2, 0) is 13.6 Å². The average Bonchev–Trinajstić information content (AvgIpc) is 3.40. The zero-order valence-electron chi connectivity index (χ0n) is 17.8. The van der Waals surface area contributed by atoms with Gasteiger partial charge in [0.1, 0.15) is 0 Å². The minimum absolute atomic E-state index is 0.548. The lowest BCUT2D eigenvalue weighted by molar-refractivity contribution is 0.140. The van der Waals surface area contributed by atoms with Crippen molar-refractivity contribution in [2.24, 2.45) is 12.0 Å². The molecule has 0 amide bonds. The smallest absolute Gasteiger partial charge is 0.193 e. The van der Waals surface area contributed by atoms with Crippen LogP contribution in [0.15, 0.2) is 47.7 Å². The van der Waals surface area contributed by atoms with Gasteiger partial charge in [-0.2, -0.15) is 5.10 Å². The van der Waals surface area contributed by atoms with Crippen molar-refractivity contribution in [3.63, 3.8) is 0 Å². The first-order chi connectivity index (χ1) is 14.2. The van der Waals surface area contributed by atoms with Crippen LogP contribution in [-0.4, -0.2) is 64.8 Å². The van der Waals surface area contributed by atoms with Crippen LogP contribution in [0.4, 0.5) is 0 Å². The molecule has 0 saturated carbocycles. The number of nitrogens with zero attached hydrogens (tertiary/aromatic N) is 5. The predicted molar refractivity (Wildman–Crippen MR) is 118 cm³/mol. The van der Waals surface area contributed by atoms with E-state index in [1.54, 1.807) is 0 Å². The van der Waals surface area contributed by atoms with Crippen LogP contribution < -0.4 is 5.32 Å². The monoisotopic (exact) mass is 394 g/mol. The minimum atomic E-state index is 0.548. The molecule has 2 aromatic rings. The molecule has 2 aliphatic heterocycles. The van der Waals surface area contributed by atoms with Crippen LogP contribution in [0.3, 0.4) is 0 Å². The summed E-state index contributed by atoms with van der Waals surface area (Å²) in [6.45, 7) is 5.26. The van der Waals surface area contributed by atoms with Gasteiger partial charge in [0.25, 0.3) is 0 Å². The van der Waals surface area contributed by atoms with Crippen molar-refractivity contribution in [2.45, 2.75) is 44.2 Å². The summed E-state index contributed by atoms with van der Waals surface area (Å²) in [5, 5.41) is 8.03. The molecule has 0 bridgehead atoms. The Bertz CT molecular complexity index is 799. The second-order valence-corrected chi connectivity index (χ2v) is 8.41. The molecule has 3 heterocycles. The van der Waals surface area contributed by atoms with Crippen LogP contribution in [0.1, 0.15) is 42.7 Å². The highest BCUT2D eigenvalue weighted by atomic mass is 15.3. The Morgan fingerprint density at radius 1 is 1.17 bits per heavy atom. The fourth-order valence-corrected chi connectivity index (χ4v) is 4.73. The van der Waals surface area contributed by atoms with Crippen molar-refractivity contribution in [3.8, 4) is 0 Å². The fraction of sp³-hybridized carbons (Fsp3) is 0.565. The number of aromatic nitrogens is 2. The predicted octanol–water partition coefficient (Wildman–Crippen LogP) is 2.84. The Labute approximate surface area is 174 Å². The number of hydrogen-bond acceptors (Lipinski definition) is 3. The zero-order valence-corrected chi connectivity index (χ0v) is 17.8. The van der Waals surface area contributed by atoms with Crippen molar-refractivity contribution >= 4 is 5.96 Å². The van der Waals surface area contributed by atoms with E-state index in [1.807, 2.05) is 25.0 Å². The Hall–Kier alpha value is -2.34. The topological polar surface area (TPSA) is 48.7 Å². The highest BCUT2D eigenvalue weighted by Gasteiger charge is 2.28. The maximum absolute atomic E-state index is 4.59. The van der Waals surface area contributed by atoms with E-state index >= 15 is 0 Å². The summed E-state index contributed by atoms with van der Waals surface area (Å²) < 4.78 is 1.90. The van der Waals surface area contributed by atoms with Crippen LogP contribution in [0.2, 0.25) is 0 Å². The van der Waals surface area contributed by atoms with Gasteiger partial charge >= 0.3 is 0 Å². The third-order valence-electron chi connectivity index (χ3n) is 6.37. The molecule has 2 unspecified atom stereocenters. The summed E-state index contributed by atoms with van der Waals surface area (Å²) >= 11 is 0. The number of likely N-dealkylation sites (tertiary alicyclic amines) is 2. The van der Waals surface area contributed by atoms with Crippen LogP contribution >= 0.6 is 0 Å². The highest BCUT2D eigenvalue weighted by molar-refractivity contribution is 5.80. The first-order valence-electron chi connectivity index (χ1n) is 10.9. The number of rotatable bonds is 5. The molecule has 6 heteroatoms. The average molecular weight is 395 g/mol. The minimum Gasteiger partial charge on any atom is -0.355 e. The molecule has 6 nitrogen and oxygen atoms in total. The SMILES string of the molecule is CN=C(NCC1CCCCN1Cc1ccccc1)N1CCC(c2cnn(C)c2)C1. The Kier molecular flexibility index (Phi) is 6.49. The first kappa shape index (κ1) is 20.0. The van der Waals surface area contributed by atoms with E-state index in [-0.39, 0.29) is 0 Å². The summed E-state index contributed by atoms with van der Waals surface area (Å²) in [4.78, 5) is 9.63. The lowest BCUT2D eigenvalue weighted by Gasteiger charge is -2.36. The highest BCUT2D eigenvalue weighted by Crippen LogP contribution is 2.27. The molecule has 1 aromatic carbocycles. The number of piperidine rings is 1. The van der Waals surface area contributed by atoms with Gasteiger partial charge in [-0.05, 0) is 36.9 Å². The Morgan fingerprint density at radius 2 is 2.03 bits per heavy atom. The molecule has 4 rings (SSSR count). The van der Waals surface area contributed by atoms with Crippen LogP contribution in [0.25, 0.3) is 0 Å². The zero-order chi connectivity index (χ0) is 20.1. The van der Waals surface area contributed by atoms with Crippen molar-refractivity contribution in [1.29, 1.82) is 0 Å². The summed E-state index contributed by atoms with van der Waals surface area (Å²) in [6, 6.07) is 11.4. The number of benzene rings is 1. The number of aryl methyl sites for hydroxylation is 1. The second kappa shape index (κ2) is 9.44. The van der Waals surface area contributed by atoms with Gasteiger partial charge in [0.05, 0.1) is 6.20 Å².